The number of hydrogen-bond acceptors (Lipinski definition) is 4. The molecule has 1 aliphatic rings. The van der Waals surface area contributed by atoms with Gasteiger partial charge in [-0.05, 0) is 60.9 Å². The Kier molecular flexibility index (Phi) is 6.29. The smallest absolute Gasteiger partial charge is 0.286 e. The molecule has 0 atom stereocenters. The summed E-state index contributed by atoms with van der Waals surface area (Å²) in [5.74, 6) is -0.220. The number of aryl methyl sites for hydroxylation is 1. The van der Waals surface area contributed by atoms with Crippen molar-refractivity contribution in [3.63, 3.8) is 0 Å². The lowest BCUT2D eigenvalue weighted by Gasteiger charge is -2.31. The maximum atomic E-state index is 13.3. The standard InChI is InChI=1S/C25H24FN3O3S/c1-3-6-24-28-33(31,32)23-15-20(27-25(30)21-8-5-4-7-17(21)2)13-14-22(23)29(24)16-18-9-11-19(26)12-10-18/h4-5,7-15H,3,6,16H2,1-2H3,(H,27,30). The van der Waals surface area contributed by atoms with Gasteiger partial charge in [-0.1, -0.05) is 37.3 Å². The average molecular weight is 466 g/mol. The van der Waals surface area contributed by atoms with Crippen molar-refractivity contribution in [2.45, 2.75) is 38.1 Å². The van der Waals surface area contributed by atoms with E-state index in [0.29, 0.717) is 42.2 Å². The summed E-state index contributed by atoms with van der Waals surface area (Å²) in [5.41, 5.74) is 3.00. The molecule has 0 bridgehead atoms. The van der Waals surface area contributed by atoms with Crippen molar-refractivity contribution >= 4 is 33.1 Å². The van der Waals surface area contributed by atoms with Crippen molar-refractivity contribution < 1.29 is 17.6 Å². The predicted octanol–water partition coefficient (Wildman–Crippen LogP) is 5.29. The van der Waals surface area contributed by atoms with E-state index in [-0.39, 0.29) is 16.6 Å². The first-order chi connectivity index (χ1) is 15.8. The zero-order valence-corrected chi connectivity index (χ0v) is 19.2. The van der Waals surface area contributed by atoms with Gasteiger partial charge in [-0.2, -0.15) is 8.42 Å². The van der Waals surface area contributed by atoms with Gasteiger partial charge >= 0.3 is 0 Å². The van der Waals surface area contributed by atoms with Crippen LogP contribution >= 0.6 is 0 Å². The number of halogens is 1. The minimum atomic E-state index is -3.94. The molecule has 0 saturated carbocycles. The summed E-state index contributed by atoms with van der Waals surface area (Å²) in [6.45, 7) is 4.13. The molecular formula is C25H24FN3O3S. The van der Waals surface area contributed by atoms with Crippen LogP contribution in [-0.2, 0) is 16.6 Å². The molecule has 4 rings (SSSR count). The van der Waals surface area contributed by atoms with Gasteiger partial charge in [-0.3, -0.25) is 4.79 Å². The predicted molar refractivity (Wildman–Crippen MR) is 128 cm³/mol. The number of nitrogens with zero attached hydrogens (tertiary/aromatic N) is 2. The van der Waals surface area contributed by atoms with Crippen molar-refractivity contribution in [1.82, 2.24) is 0 Å². The van der Waals surface area contributed by atoms with Crippen LogP contribution in [0.5, 0.6) is 0 Å². The maximum absolute atomic E-state index is 13.3. The van der Waals surface area contributed by atoms with Crippen LogP contribution in [0.2, 0.25) is 0 Å². The van der Waals surface area contributed by atoms with Crippen LogP contribution in [0.1, 0.15) is 41.3 Å². The number of sulfonamides is 1. The lowest BCUT2D eigenvalue weighted by molar-refractivity contribution is 0.102. The van der Waals surface area contributed by atoms with Crippen LogP contribution in [0.4, 0.5) is 15.8 Å². The SMILES string of the molecule is CCCC1=NS(=O)(=O)c2cc(NC(=O)c3ccccc3C)ccc2N1Cc1ccc(F)cc1. The van der Waals surface area contributed by atoms with E-state index < -0.39 is 10.0 Å². The zero-order chi connectivity index (χ0) is 23.6. The van der Waals surface area contributed by atoms with Crippen molar-refractivity contribution in [2.75, 3.05) is 10.2 Å². The second-order valence-corrected chi connectivity index (χ2v) is 9.47. The highest BCUT2D eigenvalue weighted by atomic mass is 32.2. The van der Waals surface area contributed by atoms with E-state index in [0.717, 1.165) is 11.1 Å². The summed E-state index contributed by atoms with van der Waals surface area (Å²) in [7, 11) is -3.94. The number of rotatable bonds is 6. The lowest BCUT2D eigenvalue weighted by atomic mass is 10.1. The molecule has 0 spiro atoms. The second kappa shape index (κ2) is 9.15. The number of carbonyl (C=O) groups excluding carboxylic acids is 1. The summed E-state index contributed by atoms with van der Waals surface area (Å²) in [4.78, 5) is 14.6. The molecule has 0 unspecified atom stereocenters. The molecule has 0 radical (unpaired) electrons. The Hall–Kier alpha value is -3.52. The first-order valence-corrected chi connectivity index (χ1v) is 12.1. The molecule has 33 heavy (non-hydrogen) atoms. The van der Waals surface area contributed by atoms with Crippen molar-refractivity contribution in [1.29, 1.82) is 0 Å². The third kappa shape index (κ3) is 4.80. The van der Waals surface area contributed by atoms with Crippen LogP contribution in [0.15, 0.2) is 76.0 Å². The van der Waals surface area contributed by atoms with Crippen LogP contribution < -0.4 is 10.2 Å². The minimum absolute atomic E-state index is 0.0204. The monoisotopic (exact) mass is 465 g/mol. The largest absolute Gasteiger partial charge is 0.323 e. The Morgan fingerprint density at radius 3 is 2.48 bits per heavy atom. The van der Waals surface area contributed by atoms with Crippen molar-refractivity contribution in [3.05, 3.63) is 89.2 Å². The second-order valence-electron chi connectivity index (χ2n) is 7.90. The number of amides is 1. The molecule has 1 heterocycles. The topological polar surface area (TPSA) is 78.8 Å². The van der Waals surface area contributed by atoms with E-state index in [9.17, 15) is 17.6 Å². The Balaban J connectivity index is 1.70. The van der Waals surface area contributed by atoms with E-state index in [1.165, 1.54) is 18.2 Å². The molecule has 0 aliphatic carbocycles. The fourth-order valence-electron chi connectivity index (χ4n) is 3.78. The third-order valence-corrected chi connectivity index (χ3v) is 6.77. The summed E-state index contributed by atoms with van der Waals surface area (Å²) in [6.07, 6.45) is 1.19. The molecule has 1 N–H and O–H groups in total. The van der Waals surface area contributed by atoms with E-state index in [1.807, 2.05) is 30.9 Å². The summed E-state index contributed by atoms with van der Waals surface area (Å²) in [6, 6.07) is 18.0. The molecule has 1 aliphatic heterocycles. The quantitative estimate of drug-likeness (QED) is 0.536. The highest BCUT2D eigenvalue weighted by molar-refractivity contribution is 7.90. The number of anilines is 2. The molecule has 170 valence electrons. The number of fused-ring (bicyclic) bond motifs is 1. The summed E-state index contributed by atoms with van der Waals surface area (Å²) >= 11 is 0. The Morgan fingerprint density at radius 1 is 1.06 bits per heavy atom. The number of benzene rings is 3. The van der Waals surface area contributed by atoms with Crippen LogP contribution in [-0.4, -0.2) is 20.2 Å². The van der Waals surface area contributed by atoms with Crippen LogP contribution in [0.3, 0.4) is 0 Å². The van der Waals surface area contributed by atoms with Gasteiger partial charge in [0.25, 0.3) is 15.9 Å². The van der Waals surface area contributed by atoms with Crippen LogP contribution in [0, 0.1) is 12.7 Å². The van der Waals surface area contributed by atoms with E-state index >= 15 is 0 Å². The van der Waals surface area contributed by atoms with Crippen molar-refractivity contribution in [2.24, 2.45) is 4.40 Å². The van der Waals surface area contributed by atoms with Gasteiger partial charge in [-0.25, -0.2) is 4.39 Å². The van der Waals surface area contributed by atoms with E-state index in [4.69, 9.17) is 0 Å². The summed E-state index contributed by atoms with van der Waals surface area (Å²) < 4.78 is 43.4. The molecule has 0 fully saturated rings. The third-order valence-electron chi connectivity index (χ3n) is 5.44. The van der Waals surface area contributed by atoms with Gasteiger partial charge in [0.15, 0.2) is 0 Å². The Labute approximate surface area is 192 Å². The van der Waals surface area contributed by atoms with Gasteiger partial charge < -0.3 is 10.2 Å². The zero-order valence-electron chi connectivity index (χ0n) is 18.4. The van der Waals surface area contributed by atoms with Gasteiger partial charge in [0.05, 0.1) is 5.69 Å². The van der Waals surface area contributed by atoms with E-state index in [1.54, 1.807) is 36.4 Å². The van der Waals surface area contributed by atoms with Gasteiger partial charge in [0.1, 0.15) is 16.5 Å². The number of carbonyl (C=O) groups is 1. The lowest BCUT2D eigenvalue weighted by Crippen LogP contribution is -2.35. The first-order valence-electron chi connectivity index (χ1n) is 10.7. The Morgan fingerprint density at radius 2 is 1.79 bits per heavy atom. The normalized spacial score (nSPS) is 14.4. The van der Waals surface area contributed by atoms with Crippen molar-refractivity contribution in [3.8, 4) is 0 Å². The van der Waals surface area contributed by atoms with Gasteiger partial charge in [-0.15, -0.1) is 4.40 Å². The maximum Gasteiger partial charge on any atom is 0.286 e. The fourth-order valence-corrected chi connectivity index (χ4v) is 5.06. The molecule has 3 aromatic carbocycles. The highest BCUT2D eigenvalue weighted by Crippen LogP contribution is 2.36. The Bertz CT molecular complexity index is 1340. The first kappa shape index (κ1) is 22.7. The molecule has 1 amide bonds. The average Bonchev–Trinajstić information content (AvgIpc) is 2.78. The molecule has 3 aromatic rings. The molecule has 8 heteroatoms. The molecule has 0 saturated heterocycles. The molecule has 0 aromatic heterocycles. The number of amidine groups is 1. The molecule has 6 nitrogen and oxygen atoms in total. The fraction of sp³-hybridized carbons (Fsp3) is 0.200. The number of nitrogens with one attached hydrogen (secondary N) is 1. The summed E-state index contributed by atoms with van der Waals surface area (Å²) in [5, 5.41) is 2.78. The number of hydrogen-bond donors (Lipinski definition) is 1. The van der Waals surface area contributed by atoms with E-state index in [2.05, 4.69) is 9.71 Å². The van der Waals surface area contributed by atoms with Crippen LogP contribution in [0.25, 0.3) is 0 Å². The highest BCUT2D eigenvalue weighted by Gasteiger charge is 2.31. The van der Waals surface area contributed by atoms with Gasteiger partial charge in [0.2, 0.25) is 0 Å². The molecular weight excluding hydrogens is 441 g/mol. The van der Waals surface area contributed by atoms with Gasteiger partial charge in [0, 0.05) is 24.2 Å². The minimum Gasteiger partial charge on any atom is -0.323 e.